The number of carbonyl (C=O) groups is 9. The summed E-state index contributed by atoms with van der Waals surface area (Å²) in [6.07, 6.45) is 10.0. The summed E-state index contributed by atoms with van der Waals surface area (Å²) in [7, 11) is 3.03. The molecule has 0 bridgehead atoms. The Morgan fingerprint density at radius 2 is 1.15 bits per heavy atom. The van der Waals surface area contributed by atoms with Crippen LogP contribution in [-0.2, 0) is 71.5 Å². The third-order valence-corrected chi connectivity index (χ3v) is 16.8. The maximum absolute atomic E-state index is 14.1. The average molecular weight is 1410 g/mol. The molecule has 101 heavy (non-hydrogen) atoms. The fourth-order valence-electron chi connectivity index (χ4n) is 11.3. The van der Waals surface area contributed by atoms with Crippen LogP contribution in [0.5, 0.6) is 23.0 Å². The van der Waals surface area contributed by atoms with Crippen LogP contribution in [0.2, 0.25) is 0 Å². The number of hydrogen-bond donors (Lipinski definition) is 5. The molecule has 0 aromatic heterocycles. The van der Waals surface area contributed by atoms with Gasteiger partial charge in [0.05, 0.1) is 162 Å². The number of imide groups is 1. The van der Waals surface area contributed by atoms with Gasteiger partial charge in [0.2, 0.25) is 29.5 Å². The number of ether oxygens (including phenoxy) is 12. The molecule has 5 aliphatic heterocycles. The zero-order chi connectivity index (χ0) is 71.9. The monoisotopic (exact) mass is 1410 g/mol. The van der Waals surface area contributed by atoms with Crippen molar-refractivity contribution >= 4 is 82.0 Å². The summed E-state index contributed by atoms with van der Waals surface area (Å²) in [5, 5.41) is 13.9. The highest BCUT2D eigenvalue weighted by Gasteiger charge is 2.40. The Balaban J connectivity index is 0.613. The molecule has 1 saturated heterocycles. The summed E-state index contributed by atoms with van der Waals surface area (Å²) in [6, 6.07) is 11.2. The molecule has 30 heteroatoms. The van der Waals surface area contributed by atoms with E-state index in [9.17, 15) is 43.2 Å². The predicted octanol–water partition coefficient (Wildman–Crippen LogP) is 4.40. The molecule has 5 heterocycles. The number of methoxy groups -OCH3 is 2. The third-order valence-electron chi connectivity index (χ3n) is 16.8. The Bertz CT molecular complexity index is 3380. The van der Waals surface area contributed by atoms with Crippen molar-refractivity contribution in [2.75, 3.05) is 163 Å². The Morgan fingerprint density at radius 3 is 1.72 bits per heavy atom. The molecule has 550 valence electrons. The van der Waals surface area contributed by atoms with E-state index in [2.05, 4.69) is 26.6 Å². The van der Waals surface area contributed by atoms with Crippen LogP contribution in [0.3, 0.4) is 0 Å². The molecular formula is C71H95N9O21. The largest absolute Gasteiger partial charge is 0.493 e. The number of aliphatic imine (C=N–C) groups is 1. The second-order valence-corrected chi connectivity index (χ2v) is 24.4. The van der Waals surface area contributed by atoms with Crippen molar-refractivity contribution in [3.8, 4) is 23.0 Å². The van der Waals surface area contributed by atoms with Gasteiger partial charge in [0.25, 0.3) is 23.6 Å². The first-order valence-electron chi connectivity index (χ1n) is 34.4. The number of carbonyl (C=O) groups excluding carboxylic acids is 9. The van der Waals surface area contributed by atoms with Crippen molar-refractivity contribution in [3.05, 3.63) is 83.6 Å². The molecule has 8 rings (SSSR count). The van der Waals surface area contributed by atoms with Gasteiger partial charge >= 0.3 is 0 Å². The SMILES string of the molecule is COc1cc2c(cc1OCCCCCOc1cc3c(cc1OC)C(=O)N1CCC[C@H]1C(=O)N3)N=C[C@@H]1CC(c3ccc(NC(=O)[C@H](C)NC(=O)[C@@H](NC(=O)CCOCCOCCOCCOCCOCCOCCOCCOCCNC(=O)CCN4C(=O)C=CC4=O)C(C)C)cc3)=CN1C2=O. The molecule has 5 N–H and O–H groups in total. The molecule has 0 saturated carbocycles. The summed E-state index contributed by atoms with van der Waals surface area (Å²) in [5.74, 6) is -1.70. The molecule has 0 aliphatic carbocycles. The minimum absolute atomic E-state index is 0.0133. The molecule has 5 aliphatic rings. The fraction of sp³-hybridized carbons (Fsp3) is 0.549. The zero-order valence-electron chi connectivity index (χ0n) is 58.2. The van der Waals surface area contributed by atoms with Gasteiger partial charge < -0.3 is 93.2 Å². The van der Waals surface area contributed by atoms with E-state index in [1.165, 1.54) is 26.4 Å². The number of anilines is 2. The van der Waals surface area contributed by atoms with Gasteiger partial charge in [0.15, 0.2) is 23.0 Å². The highest BCUT2D eigenvalue weighted by molar-refractivity contribution is 6.13. The summed E-state index contributed by atoms with van der Waals surface area (Å²) >= 11 is 0. The lowest BCUT2D eigenvalue weighted by atomic mass is 10.0. The fourth-order valence-corrected chi connectivity index (χ4v) is 11.3. The van der Waals surface area contributed by atoms with E-state index in [0.29, 0.717) is 196 Å². The van der Waals surface area contributed by atoms with Crippen molar-refractivity contribution in [2.45, 2.75) is 96.3 Å². The summed E-state index contributed by atoms with van der Waals surface area (Å²) in [6.45, 7) is 12.4. The minimum atomic E-state index is -0.939. The van der Waals surface area contributed by atoms with Crippen molar-refractivity contribution in [2.24, 2.45) is 10.9 Å². The molecule has 0 spiro atoms. The van der Waals surface area contributed by atoms with Crippen molar-refractivity contribution in [1.82, 2.24) is 30.7 Å². The average Bonchev–Trinajstić information content (AvgIpc) is 1.68. The van der Waals surface area contributed by atoms with Crippen LogP contribution in [0.25, 0.3) is 5.57 Å². The van der Waals surface area contributed by atoms with E-state index in [0.717, 1.165) is 28.9 Å². The van der Waals surface area contributed by atoms with Gasteiger partial charge in [-0.3, -0.25) is 53.0 Å². The number of benzene rings is 3. The lowest BCUT2D eigenvalue weighted by Gasteiger charge is -2.24. The highest BCUT2D eigenvalue weighted by Crippen LogP contribution is 2.41. The molecule has 0 radical (unpaired) electrons. The van der Waals surface area contributed by atoms with Crippen molar-refractivity contribution in [1.29, 1.82) is 0 Å². The summed E-state index contributed by atoms with van der Waals surface area (Å²) in [4.78, 5) is 124. The van der Waals surface area contributed by atoms with E-state index in [1.54, 1.807) is 73.2 Å². The molecule has 1 fully saturated rings. The first kappa shape index (κ1) is 77.9. The molecular weight excluding hydrogens is 1310 g/mol. The van der Waals surface area contributed by atoms with Gasteiger partial charge in [0.1, 0.15) is 18.1 Å². The Labute approximate surface area is 587 Å². The van der Waals surface area contributed by atoms with E-state index < -0.39 is 41.8 Å². The van der Waals surface area contributed by atoms with Crippen LogP contribution in [0.1, 0.15) is 98.4 Å². The topological polar surface area (TPSA) is 347 Å². The standard InChI is InChI=1S/C71H95N9O21/c1-47(2)66(77-63(82)18-24-92-26-28-94-30-32-96-34-36-98-38-39-99-37-35-97-33-31-95-29-27-93-25-19-72-62(81)17-21-79-64(83)15-16-65(79)84)69(87)74-48(3)67(85)75-51-13-11-49(12-14-51)50-40-52-45-73-55-43-60(58(90-4)41-53(55)71(89)80(52)46-50)100-22-7-6-8-23-101-61-44-56-54(42-59(61)91-5)70(88)78-20-9-10-57(78)68(86)76-56/h11-16,41-48,52,57,66H,6-10,17-40H2,1-5H3,(H,72,81)(H,74,87)(H,75,85)(H,76,86)(H,77,82)/t48-,52-,57-,66-/m0/s1. The third kappa shape index (κ3) is 23.9. The molecule has 9 amide bonds. The highest BCUT2D eigenvalue weighted by atomic mass is 16.6. The van der Waals surface area contributed by atoms with Crippen molar-refractivity contribution < 1.29 is 100.0 Å². The van der Waals surface area contributed by atoms with Gasteiger partial charge in [-0.1, -0.05) is 26.0 Å². The lowest BCUT2D eigenvalue weighted by Crippen LogP contribution is -2.53. The first-order chi connectivity index (χ1) is 49.0. The van der Waals surface area contributed by atoms with E-state index >= 15 is 0 Å². The smallest absolute Gasteiger partial charge is 0.260 e. The summed E-state index contributed by atoms with van der Waals surface area (Å²) in [5.41, 5.74) is 3.83. The van der Waals surface area contributed by atoms with Gasteiger partial charge in [-0.05, 0) is 80.3 Å². The van der Waals surface area contributed by atoms with Crippen LogP contribution in [0.4, 0.5) is 17.1 Å². The second kappa shape index (κ2) is 41.1. The van der Waals surface area contributed by atoms with Gasteiger partial charge in [-0.2, -0.15) is 0 Å². The number of fused-ring (bicyclic) bond motifs is 4. The van der Waals surface area contributed by atoms with Crippen LogP contribution in [0, 0.1) is 5.92 Å². The van der Waals surface area contributed by atoms with E-state index in [1.807, 2.05) is 18.3 Å². The minimum Gasteiger partial charge on any atom is -0.493 e. The van der Waals surface area contributed by atoms with Crippen LogP contribution < -0.4 is 45.5 Å². The Kier molecular flexibility index (Phi) is 31.7. The maximum Gasteiger partial charge on any atom is 0.260 e. The molecule has 30 nitrogen and oxygen atoms in total. The first-order valence-corrected chi connectivity index (χ1v) is 34.4. The Morgan fingerprint density at radius 1 is 0.594 bits per heavy atom. The normalized spacial score (nSPS) is 16.6. The van der Waals surface area contributed by atoms with Crippen molar-refractivity contribution in [3.63, 3.8) is 0 Å². The number of hydrogen-bond acceptors (Lipinski definition) is 22. The number of amides is 9. The van der Waals surface area contributed by atoms with Crippen LogP contribution in [-0.4, -0.2) is 251 Å². The van der Waals surface area contributed by atoms with Crippen LogP contribution in [0.15, 0.2) is 71.9 Å². The van der Waals surface area contributed by atoms with E-state index in [4.69, 9.17) is 61.8 Å². The lowest BCUT2D eigenvalue weighted by molar-refractivity contribution is -0.137. The zero-order valence-corrected chi connectivity index (χ0v) is 58.2. The molecule has 4 atom stereocenters. The second-order valence-electron chi connectivity index (χ2n) is 24.4. The number of nitrogens with one attached hydrogen (secondary N) is 5. The quantitative estimate of drug-likeness (QED) is 0.0386. The van der Waals surface area contributed by atoms with Gasteiger partial charge in [-0.25, -0.2) is 0 Å². The van der Waals surface area contributed by atoms with Gasteiger partial charge in [0, 0.05) is 81.3 Å². The number of rotatable bonds is 47. The predicted molar refractivity (Wildman–Crippen MR) is 368 cm³/mol. The Hall–Kier alpha value is -8.88. The summed E-state index contributed by atoms with van der Waals surface area (Å²) < 4.78 is 67.5. The van der Waals surface area contributed by atoms with Crippen LogP contribution >= 0.6 is 0 Å². The maximum atomic E-state index is 14.1. The molecule has 0 unspecified atom stereocenters. The number of unbranched alkanes of at least 4 members (excludes halogenated alkanes) is 2. The van der Waals surface area contributed by atoms with E-state index in [-0.39, 0.29) is 74.1 Å². The molecule has 3 aromatic rings. The van der Waals surface area contributed by atoms with Gasteiger partial charge in [-0.15, -0.1) is 0 Å². The number of nitrogens with zero attached hydrogens (tertiary/aromatic N) is 4. The molecule has 3 aromatic carbocycles.